The van der Waals surface area contributed by atoms with Crippen LogP contribution >= 0.6 is 23.2 Å². The topological polar surface area (TPSA) is 85.1 Å². The maximum absolute atomic E-state index is 12.1. The molecule has 0 saturated heterocycles. The van der Waals surface area contributed by atoms with Gasteiger partial charge in [0.15, 0.2) is 0 Å². The normalized spacial score (nSPS) is 10.1. The Kier molecular flexibility index (Phi) is 4.16. The molecule has 0 bridgehead atoms. The van der Waals surface area contributed by atoms with Crippen molar-refractivity contribution in [3.05, 3.63) is 62.4 Å². The van der Waals surface area contributed by atoms with Crippen molar-refractivity contribution in [2.75, 3.05) is 5.32 Å². The number of aromatic nitrogens is 1. The second kappa shape index (κ2) is 5.85. The van der Waals surface area contributed by atoms with Crippen molar-refractivity contribution in [3.8, 4) is 0 Å². The van der Waals surface area contributed by atoms with E-state index >= 15 is 0 Å². The number of hydrogen-bond acceptors (Lipinski definition) is 4. The van der Waals surface area contributed by atoms with E-state index in [0.717, 1.165) is 0 Å². The number of nitro benzene ring substituents is 1. The third-order valence-corrected chi connectivity index (χ3v) is 3.06. The monoisotopic (exact) mass is 311 g/mol. The number of carbonyl (C=O) groups excluding carboxylic acids is 1. The molecule has 0 aliphatic rings. The number of nitrogens with one attached hydrogen (secondary N) is 1. The van der Waals surface area contributed by atoms with Gasteiger partial charge >= 0.3 is 5.69 Å². The lowest BCUT2D eigenvalue weighted by Crippen LogP contribution is -2.14. The molecule has 2 aromatic rings. The third kappa shape index (κ3) is 2.87. The van der Waals surface area contributed by atoms with Gasteiger partial charge in [-0.2, -0.15) is 0 Å². The molecule has 1 N–H and O–H groups in total. The SMILES string of the molecule is O=C(Nc1cnccc1Cl)c1cccc(Cl)c1[N+](=O)[O-]. The van der Waals surface area contributed by atoms with Crippen molar-refractivity contribution in [1.82, 2.24) is 4.98 Å². The summed E-state index contributed by atoms with van der Waals surface area (Å²) in [6.45, 7) is 0. The summed E-state index contributed by atoms with van der Waals surface area (Å²) < 4.78 is 0. The molecule has 0 saturated carbocycles. The summed E-state index contributed by atoms with van der Waals surface area (Å²) in [5.41, 5.74) is -0.345. The van der Waals surface area contributed by atoms with E-state index in [-0.39, 0.29) is 21.3 Å². The van der Waals surface area contributed by atoms with Crippen LogP contribution < -0.4 is 5.32 Å². The van der Waals surface area contributed by atoms with Crippen LogP contribution in [0, 0.1) is 10.1 Å². The fraction of sp³-hybridized carbons (Fsp3) is 0. The highest BCUT2D eigenvalue weighted by Crippen LogP contribution is 2.29. The van der Waals surface area contributed by atoms with Crippen molar-refractivity contribution in [2.24, 2.45) is 0 Å². The van der Waals surface area contributed by atoms with E-state index in [4.69, 9.17) is 23.2 Å². The summed E-state index contributed by atoms with van der Waals surface area (Å²) in [6, 6.07) is 5.59. The first kappa shape index (κ1) is 14.2. The number of hydrogen-bond donors (Lipinski definition) is 1. The molecule has 0 aliphatic carbocycles. The molecule has 102 valence electrons. The van der Waals surface area contributed by atoms with Crippen LogP contribution in [0.25, 0.3) is 0 Å². The molecule has 0 spiro atoms. The zero-order valence-electron chi connectivity index (χ0n) is 9.84. The molecule has 6 nitrogen and oxygen atoms in total. The summed E-state index contributed by atoms with van der Waals surface area (Å²) in [7, 11) is 0. The smallest absolute Gasteiger partial charge is 0.300 e. The van der Waals surface area contributed by atoms with Crippen LogP contribution in [0.2, 0.25) is 10.0 Å². The standard InChI is InChI=1S/C12H7Cl2N3O3/c13-8-4-5-15-6-10(8)16-12(18)7-2-1-3-9(14)11(7)17(19)20/h1-6H,(H,16,18). The average molecular weight is 312 g/mol. The number of benzene rings is 1. The minimum atomic E-state index is -0.706. The van der Waals surface area contributed by atoms with Gasteiger partial charge in [-0.25, -0.2) is 0 Å². The number of nitrogens with zero attached hydrogens (tertiary/aromatic N) is 2. The molecule has 1 heterocycles. The summed E-state index contributed by atoms with van der Waals surface area (Å²) in [4.78, 5) is 26.2. The van der Waals surface area contributed by atoms with Gasteiger partial charge in [-0.05, 0) is 18.2 Å². The first-order valence-corrected chi connectivity index (χ1v) is 6.10. The molecule has 1 aromatic heterocycles. The number of carbonyl (C=O) groups is 1. The van der Waals surface area contributed by atoms with Gasteiger partial charge in [0.2, 0.25) is 0 Å². The first-order chi connectivity index (χ1) is 9.50. The summed E-state index contributed by atoms with van der Waals surface area (Å²) in [5.74, 6) is -0.686. The predicted molar refractivity (Wildman–Crippen MR) is 75.3 cm³/mol. The van der Waals surface area contributed by atoms with Crippen LogP contribution in [0.1, 0.15) is 10.4 Å². The molecular weight excluding hydrogens is 305 g/mol. The molecule has 0 unspecified atom stereocenters. The highest BCUT2D eigenvalue weighted by molar-refractivity contribution is 6.34. The van der Waals surface area contributed by atoms with Crippen molar-refractivity contribution in [2.45, 2.75) is 0 Å². The van der Waals surface area contributed by atoms with Crippen molar-refractivity contribution >= 4 is 40.5 Å². The van der Waals surface area contributed by atoms with Gasteiger partial charge in [0.05, 0.1) is 21.8 Å². The lowest BCUT2D eigenvalue weighted by Gasteiger charge is -2.07. The molecule has 0 atom stereocenters. The van der Waals surface area contributed by atoms with Gasteiger partial charge in [-0.3, -0.25) is 19.9 Å². The maximum Gasteiger partial charge on any atom is 0.300 e. The zero-order chi connectivity index (χ0) is 14.7. The Hall–Kier alpha value is -2.18. The van der Waals surface area contributed by atoms with E-state index in [1.54, 1.807) is 0 Å². The Morgan fingerprint density at radius 2 is 2.00 bits per heavy atom. The van der Waals surface area contributed by atoms with Gasteiger partial charge < -0.3 is 5.32 Å². The lowest BCUT2D eigenvalue weighted by molar-refractivity contribution is -0.385. The van der Waals surface area contributed by atoms with Crippen molar-refractivity contribution in [3.63, 3.8) is 0 Å². The Bertz CT molecular complexity index is 691. The second-order valence-corrected chi connectivity index (χ2v) is 4.52. The predicted octanol–water partition coefficient (Wildman–Crippen LogP) is 3.55. The van der Waals surface area contributed by atoms with Crippen LogP contribution in [0.15, 0.2) is 36.7 Å². The fourth-order valence-corrected chi connectivity index (χ4v) is 1.94. The van der Waals surface area contributed by atoms with Crippen molar-refractivity contribution in [1.29, 1.82) is 0 Å². The number of amides is 1. The molecule has 2 rings (SSSR count). The van der Waals surface area contributed by atoms with Crippen LogP contribution in [0.5, 0.6) is 0 Å². The largest absolute Gasteiger partial charge is 0.319 e. The molecule has 1 amide bonds. The van der Waals surface area contributed by atoms with Gasteiger partial charge in [0.1, 0.15) is 10.6 Å². The number of nitro groups is 1. The first-order valence-electron chi connectivity index (χ1n) is 5.34. The molecule has 0 radical (unpaired) electrons. The van der Waals surface area contributed by atoms with Crippen LogP contribution in [0.4, 0.5) is 11.4 Å². The third-order valence-electron chi connectivity index (χ3n) is 2.43. The number of anilines is 1. The fourth-order valence-electron chi connectivity index (χ4n) is 1.54. The van der Waals surface area contributed by atoms with E-state index < -0.39 is 16.5 Å². The Labute approximate surface area is 123 Å². The highest BCUT2D eigenvalue weighted by Gasteiger charge is 2.23. The van der Waals surface area contributed by atoms with E-state index in [1.165, 1.54) is 36.7 Å². The number of para-hydroxylation sites is 1. The molecule has 1 aromatic carbocycles. The molecule has 0 fully saturated rings. The van der Waals surface area contributed by atoms with E-state index in [2.05, 4.69) is 10.3 Å². The van der Waals surface area contributed by atoms with Gasteiger partial charge in [0, 0.05) is 6.20 Å². The highest BCUT2D eigenvalue weighted by atomic mass is 35.5. The Morgan fingerprint density at radius 3 is 2.65 bits per heavy atom. The summed E-state index contributed by atoms with van der Waals surface area (Å²) in [5, 5.41) is 13.6. The molecule has 20 heavy (non-hydrogen) atoms. The average Bonchev–Trinajstić information content (AvgIpc) is 2.40. The van der Waals surface area contributed by atoms with E-state index in [0.29, 0.717) is 0 Å². The lowest BCUT2D eigenvalue weighted by atomic mass is 10.1. The van der Waals surface area contributed by atoms with Crippen LogP contribution in [-0.4, -0.2) is 15.8 Å². The molecule has 0 aliphatic heterocycles. The van der Waals surface area contributed by atoms with Gasteiger partial charge in [0.25, 0.3) is 5.91 Å². The Morgan fingerprint density at radius 1 is 1.25 bits per heavy atom. The van der Waals surface area contributed by atoms with Crippen LogP contribution in [0.3, 0.4) is 0 Å². The van der Waals surface area contributed by atoms with Crippen molar-refractivity contribution < 1.29 is 9.72 Å². The van der Waals surface area contributed by atoms with Crippen LogP contribution in [-0.2, 0) is 0 Å². The Balaban J connectivity index is 2.38. The van der Waals surface area contributed by atoms with E-state index in [1.807, 2.05) is 0 Å². The minimum Gasteiger partial charge on any atom is -0.319 e. The van der Waals surface area contributed by atoms with E-state index in [9.17, 15) is 14.9 Å². The number of halogens is 2. The molecule has 8 heteroatoms. The number of rotatable bonds is 3. The summed E-state index contributed by atoms with van der Waals surface area (Å²) >= 11 is 11.6. The maximum atomic E-state index is 12.1. The van der Waals surface area contributed by atoms with Gasteiger partial charge in [-0.15, -0.1) is 0 Å². The number of pyridine rings is 1. The molecular formula is C12H7Cl2N3O3. The summed E-state index contributed by atoms with van der Waals surface area (Å²) in [6.07, 6.45) is 2.80. The minimum absolute atomic E-state index is 0.111. The quantitative estimate of drug-likeness (QED) is 0.693. The second-order valence-electron chi connectivity index (χ2n) is 3.70. The zero-order valence-corrected chi connectivity index (χ0v) is 11.4. The van der Waals surface area contributed by atoms with Gasteiger partial charge in [-0.1, -0.05) is 29.3 Å².